The maximum Gasteiger partial charge on any atom is 0.310 e. The van der Waals surface area contributed by atoms with E-state index in [2.05, 4.69) is 4.98 Å². The predicted octanol–water partition coefficient (Wildman–Crippen LogP) is 2.77. The molecule has 4 N–H and O–H groups in total. The maximum absolute atomic E-state index is 11.1. The largest absolute Gasteiger partial charge is 0.497 e. The molecule has 0 amide bonds. The van der Waals surface area contributed by atoms with Crippen LogP contribution >= 0.6 is 0 Å². The van der Waals surface area contributed by atoms with E-state index in [0.717, 1.165) is 22.6 Å². The van der Waals surface area contributed by atoms with Crippen molar-refractivity contribution >= 4 is 11.8 Å². The minimum atomic E-state index is -0.889. The van der Waals surface area contributed by atoms with Crippen molar-refractivity contribution in [3.05, 3.63) is 35.4 Å². The number of nitrogen functional groups attached to an aromatic ring is 1. The van der Waals surface area contributed by atoms with Crippen LogP contribution in [0.2, 0.25) is 0 Å². The summed E-state index contributed by atoms with van der Waals surface area (Å²) in [5.41, 5.74) is 9.22. The Morgan fingerprint density at radius 3 is 2.45 bits per heavy atom. The van der Waals surface area contributed by atoms with Crippen LogP contribution < -0.4 is 10.5 Å². The van der Waals surface area contributed by atoms with Crippen LogP contribution in [0.5, 0.6) is 5.75 Å². The molecule has 0 saturated heterocycles. The minimum Gasteiger partial charge on any atom is -0.497 e. The smallest absolute Gasteiger partial charge is 0.310 e. The Morgan fingerprint density at radius 1 is 1.35 bits per heavy atom. The van der Waals surface area contributed by atoms with Gasteiger partial charge in [0.25, 0.3) is 0 Å². The molecule has 2 rings (SSSR count). The van der Waals surface area contributed by atoms with E-state index >= 15 is 0 Å². The van der Waals surface area contributed by atoms with E-state index in [0.29, 0.717) is 11.4 Å². The molecular formula is C15H18N2O3. The first kappa shape index (κ1) is 14.0. The third kappa shape index (κ3) is 2.34. The van der Waals surface area contributed by atoms with Gasteiger partial charge in [0.05, 0.1) is 18.7 Å². The van der Waals surface area contributed by atoms with Crippen molar-refractivity contribution in [3.8, 4) is 17.0 Å². The van der Waals surface area contributed by atoms with E-state index in [1.165, 1.54) is 0 Å². The molecule has 1 heterocycles. The summed E-state index contributed by atoms with van der Waals surface area (Å²) in [5.74, 6) is -0.355. The number of ether oxygens (including phenoxy) is 1. The monoisotopic (exact) mass is 274 g/mol. The third-order valence-corrected chi connectivity index (χ3v) is 3.51. The van der Waals surface area contributed by atoms with Crippen LogP contribution in [0.3, 0.4) is 0 Å². The van der Waals surface area contributed by atoms with E-state index in [9.17, 15) is 4.79 Å². The Morgan fingerprint density at radius 2 is 1.95 bits per heavy atom. The molecule has 1 aromatic carbocycles. The maximum atomic E-state index is 11.1. The number of anilines is 1. The van der Waals surface area contributed by atoms with E-state index in [4.69, 9.17) is 15.6 Å². The lowest BCUT2D eigenvalue weighted by atomic mass is 9.97. The minimum absolute atomic E-state index is 0.406. The van der Waals surface area contributed by atoms with Crippen LogP contribution in [0.1, 0.15) is 24.0 Å². The molecule has 2 aromatic rings. The second kappa shape index (κ2) is 5.28. The topological polar surface area (TPSA) is 88.3 Å². The molecule has 0 aliphatic heterocycles. The van der Waals surface area contributed by atoms with Crippen molar-refractivity contribution < 1.29 is 14.6 Å². The van der Waals surface area contributed by atoms with Gasteiger partial charge in [0, 0.05) is 5.56 Å². The number of methoxy groups -OCH3 is 1. The van der Waals surface area contributed by atoms with Crippen LogP contribution in [-0.4, -0.2) is 23.2 Å². The molecule has 0 radical (unpaired) electrons. The van der Waals surface area contributed by atoms with Crippen molar-refractivity contribution in [2.75, 3.05) is 12.8 Å². The zero-order chi connectivity index (χ0) is 14.9. The summed E-state index contributed by atoms with van der Waals surface area (Å²) in [7, 11) is 1.61. The predicted molar refractivity (Wildman–Crippen MR) is 78.0 cm³/mol. The fraction of sp³-hybridized carbons (Fsp3) is 0.267. The number of rotatable bonds is 4. The first-order chi connectivity index (χ1) is 9.45. The summed E-state index contributed by atoms with van der Waals surface area (Å²) in [4.78, 5) is 14.2. The molecule has 106 valence electrons. The fourth-order valence-electron chi connectivity index (χ4n) is 2.36. The molecular weight excluding hydrogens is 256 g/mol. The van der Waals surface area contributed by atoms with Gasteiger partial charge < -0.3 is 20.6 Å². The van der Waals surface area contributed by atoms with Gasteiger partial charge in [0.1, 0.15) is 11.6 Å². The standard InChI is InChI=1S/C15H18N2O3/c1-8-12(9(2)15(18)19)14(16)17-13(8)10-4-6-11(20-3)7-5-10/h4-7,9,17H,16H2,1-3H3,(H,18,19). The molecule has 5 heteroatoms. The van der Waals surface area contributed by atoms with Gasteiger partial charge in [0.15, 0.2) is 0 Å². The molecule has 1 unspecified atom stereocenters. The summed E-state index contributed by atoms with van der Waals surface area (Å²) >= 11 is 0. The molecule has 1 atom stereocenters. The van der Waals surface area contributed by atoms with Crippen LogP contribution in [0.4, 0.5) is 5.82 Å². The van der Waals surface area contributed by atoms with Gasteiger partial charge in [-0.2, -0.15) is 0 Å². The van der Waals surface area contributed by atoms with Crippen LogP contribution in [-0.2, 0) is 4.79 Å². The highest BCUT2D eigenvalue weighted by atomic mass is 16.5. The van der Waals surface area contributed by atoms with Gasteiger partial charge in [-0.3, -0.25) is 4.79 Å². The van der Waals surface area contributed by atoms with E-state index in [1.807, 2.05) is 31.2 Å². The summed E-state index contributed by atoms with van der Waals surface area (Å²) < 4.78 is 5.12. The van der Waals surface area contributed by atoms with Crippen LogP contribution in [0.15, 0.2) is 24.3 Å². The molecule has 0 bridgehead atoms. The Hall–Kier alpha value is -2.43. The quantitative estimate of drug-likeness (QED) is 0.799. The SMILES string of the molecule is COc1ccc(-c2[nH]c(N)c(C(C)C(=O)O)c2C)cc1. The van der Waals surface area contributed by atoms with Gasteiger partial charge in [-0.05, 0) is 49.2 Å². The van der Waals surface area contributed by atoms with Crippen molar-refractivity contribution in [3.63, 3.8) is 0 Å². The molecule has 0 spiro atoms. The zero-order valence-electron chi connectivity index (χ0n) is 11.7. The van der Waals surface area contributed by atoms with Crippen molar-refractivity contribution in [2.45, 2.75) is 19.8 Å². The number of benzene rings is 1. The summed E-state index contributed by atoms with van der Waals surface area (Å²) in [6.45, 7) is 3.51. The lowest BCUT2D eigenvalue weighted by Gasteiger charge is -2.07. The number of nitrogens with one attached hydrogen (secondary N) is 1. The van der Waals surface area contributed by atoms with Crippen molar-refractivity contribution in [1.29, 1.82) is 0 Å². The number of nitrogens with two attached hydrogens (primary N) is 1. The molecule has 0 aliphatic rings. The first-order valence-electron chi connectivity index (χ1n) is 6.30. The number of carboxylic acid groups (broad SMARTS) is 1. The van der Waals surface area contributed by atoms with Gasteiger partial charge >= 0.3 is 5.97 Å². The average molecular weight is 274 g/mol. The number of aliphatic carboxylic acids is 1. The summed E-state index contributed by atoms with van der Waals surface area (Å²) in [6.07, 6.45) is 0. The zero-order valence-corrected chi connectivity index (χ0v) is 11.7. The van der Waals surface area contributed by atoms with Gasteiger partial charge in [-0.1, -0.05) is 0 Å². The fourth-order valence-corrected chi connectivity index (χ4v) is 2.36. The van der Waals surface area contributed by atoms with Gasteiger partial charge in [-0.25, -0.2) is 0 Å². The van der Waals surface area contributed by atoms with E-state index < -0.39 is 11.9 Å². The molecule has 0 fully saturated rings. The summed E-state index contributed by atoms with van der Waals surface area (Å²) in [6, 6.07) is 7.52. The third-order valence-electron chi connectivity index (χ3n) is 3.51. The highest BCUT2D eigenvalue weighted by Crippen LogP contribution is 2.34. The number of aromatic nitrogens is 1. The highest BCUT2D eigenvalue weighted by Gasteiger charge is 2.23. The number of carboxylic acids is 1. The lowest BCUT2D eigenvalue weighted by molar-refractivity contribution is -0.138. The Bertz CT molecular complexity index is 629. The average Bonchev–Trinajstić information content (AvgIpc) is 2.73. The van der Waals surface area contributed by atoms with Crippen LogP contribution in [0.25, 0.3) is 11.3 Å². The number of hydrogen-bond donors (Lipinski definition) is 3. The molecule has 5 nitrogen and oxygen atoms in total. The molecule has 0 aliphatic carbocycles. The van der Waals surface area contributed by atoms with E-state index in [1.54, 1.807) is 14.0 Å². The van der Waals surface area contributed by atoms with Crippen LogP contribution in [0, 0.1) is 6.92 Å². The molecule has 20 heavy (non-hydrogen) atoms. The van der Waals surface area contributed by atoms with E-state index in [-0.39, 0.29) is 0 Å². The number of hydrogen-bond acceptors (Lipinski definition) is 3. The first-order valence-corrected chi connectivity index (χ1v) is 6.30. The Labute approximate surface area is 117 Å². The Balaban J connectivity index is 2.48. The number of carbonyl (C=O) groups is 1. The van der Waals surface area contributed by atoms with Gasteiger partial charge in [0.2, 0.25) is 0 Å². The Kier molecular flexibility index (Phi) is 3.70. The normalized spacial score (nSPS) is 12.2. The second-order valence-electron chi connectivity index (χ2n) is 4.74. The van der Waals surface area contributed by atoms with Crippen molar-refractivity contribution in [2.24, 2.45) is 0 Å². The summed E-state index contributed by atoms with van der Waals surface area (Å²) in [5, 5.41) is 9.15. The number of aromatic amines is 1. The number of H-pyrrole nitrogens is 1. The molecule has 1 aromatic heterocycles. The van der Waals surface area contributed by atoms with Gasteiger partial charge in [-0.15, -0.1) is 0 Å². The molecule has 0 saturated carbocycles. The lowest BCUT2D eigenvalue weighted by Crippen LogP contribution is -2.09. The van der Waals surface area contributed by atoms with Crippen molar-refractivity contribution in [1.82, 2.24) is 4.98 Å². The second-order valence-corrected chi connectivity index (χ2v) is 4.74. The highest BCUT2D eigenvalue weighted by molar-refractivity contribution is 5.81.